The monoisotopic (exact) mass is 362 g/mol. The van der Waals surface area contributed by atoms with Gasteiger partial charge in [0.1, 0.15) is 4.83 Å². The van der Waals surface area contributed by atoms with E-state index in [1.807, 2.05) is 10.5 Å². The van der Waals surface area contributed by atoms with Crippen LogP contribution in [0.1, 0.15) is 24.3 Å². The fraction of sp³-hybridized carbons (Fsp3) is 0.438. The van der Waals surface area contributed by atoms with Gasteiger partial charge >= 0.3 is 0 Å². The quantitative estimate of drug-likeness (QED) is 0.530. The predicted octanol–water partition coefficient (Wildman–Crippen LogP) is 2.77. The third kappa shape index (κ3) is 2.24. The molecule has 0 fully saturated rings. The van der Waals surface area contributed by atoms with Crippen molar-refractivity contribution in [2.24, 2.45) is 7.05 Å². The molecule has 0 saturated carbocycles. The second kappa shape index (κ2) is 5.44. The number of nitrogens with zero attached hydrogens (tertiary/aromatic N) is 4. The van der Waals surface area contributed by atoms with Crippen LogP contribution in [0.4, 0.5) is 0 Å². The highest BCUT2D eigenvalue weighted by atomic mass is 32.2. The summed E-state index contributed by atoms with van der Waals surface area (Å²) in [6, 6.07) is 0. The summed E-state index contributed by atoms with van der Waals surface area (Å²) >= 11 is 3.17. The first-order valence-electron chi connectivity index (χ1n) is 7.69. The second-order valence-electron chi connectivity index (χ2n) is 6.49. The lowest BCUT2D eigenvalue weighted by Crippen LogP contribution is -2.32. The molecule has 0 N–H and O–H groups in total. The summed E-state index contributed by atoms with van der Waals surface area (Å²) in [7, 11) is 1.75. The molecule has 0 radical (unpaired) electrons. The van der Waals surface area contributed by atoms with Crippen molar-refractivity contribution >= 4 is 39.1 Å². The zero-order valence-electron chi connectivity index (χ0n) is 13.8. The van der Waals surface area contributed by atoms with Gasteiger partial charge < -0.3 is 4.74 Å². The molecule has 3 aromatic rings. The summed E-state index contributed by atoms with van der Waals surface area (Å²) in [5, 5.41) is 10.0. The van der Waals surface area contributed by atoms with Crippen LogP contribution in [0, 0.1) is 0 Å². The van der Waals surface area contributed by atoms with Crippen molar-refractivity contribution < 1.29 is 4.74 Å². The van der Waals surface area contributed by atoms with Crippen LogP contribution in [-0.2, 0) is 24.8 Å². The Morgan fingerprint density at radius 2 is 2.25 bits per heavy atom. The van der Waals surface area contributed by atoms with Crippen LogP contribution in [-0.4, -0.2) is 30.5 Å². The lowest BCUT2D eigenvalue weighted by atomic mass is 9.94. The molecule has 8 heteroatoms. The smallest absolute Gasteiger partial charge is 0.263 e. The number of thioether (sulfide) groups is 1. The average Bonchev–Trinajstić information content (AvgIpc) is 3.10. The maximum Gasteiger partial charge on any atom is 0.263 e. The minimum atomic E-state index is -0.255. The molecule has 6 nitrogen and oxygen atoms in total. The topological polar surface area (TPSA) is 61.4 Å². The predicted molar refractivity (Wildman–Crippen MR) is 97.1 cm³/mol. The van der Waals surface area contributed by atoms with Crippen LogP contribution in [0.15, 0.2) is 22.6 Å². The van der Waals surface area contributed by atoms with E-state index in [2.05, 4.69) is 30.6 Å². The molecule has 0 aliphatic carbocycles. The van der Waals surface area contributed by atoms with Gasteiger partial charge in [-0.2, -0.15) is 0 Å². The van der Waals surface area contributed by atoms with Crippen molar-refractivity contribution in [2.45, 2.75) is 37.6 Å². The van der Waals surface area contributed by atoms with Crippen molar-refractivity contribution in [2.75, 3.05) is 5.75 Å². The Hall–Kier alpha value is -1.64. The van der Waals surface area contributed by atoms with E-state index in [4.69, 9.17) is 4.74 Å². The van der Waals surface area contributed by atoms with Gasteiger partial charge in [-0.3, -0.25) is 9.36 Å². The van der Waals surface area contributed by atoms with E-state index in [0.29, 0.717) is 12.4 Å². The Kier molecular flexibility index (Phi) is 3.59. The molecule has 0 atom stereocenters. The third-order valence-electron chi connectivity index (χ3n) is 4.24. The number of ether oxygens (including phenoxy) is 1. The number of fused-ring (bicyclic) bond motifs is 5. The Morgan fingerprint density at radius 3 is 3.00 bits per heavy atom. The van der Waals surface area contributed by atoms with Gasteiger partial charge in [0.2, 0.25) is 5.78 Å². The zero-order chi connectivity index (χ0) is 17.1. The second-order valence-corrected chi connectivity index (χ2v) is 8.56. The van der Waals surface area contributed by atoms with Crippen LogP contribution in [0.25, 0.3) is 16.0 Å². The number of thiophene rings is 1. The average molecular weight is 362 g/mol. The van der Waals surface area contributed by atoms with Crippen LogP contribution < -0.4 is 5.56 Å². The highest BCUT2D eigenvalue weighted by molar-refractivity contribution is 7.99. The molecule has 0 aromatic carbocycles. The van der Waals surface area contributed by atoms with Crippen molar-refractivity contribution in [3.05, 3.63) is 33.4 Å². The molecule has 0 unspecified atom stereocenters. The van der Waals surface area contributed by atoms with Crippen LogP contribution in [0.3, 0.4) is 0 Å². The maximum atomic E-state index is 12.9. The lowest BCUT2D eigenvalue weighted by molar-refractivity contribution is -0.0379. The fourth-order valence-electron chi connectivity index (χ4n) is 3.06. The highest BCUT2D eigenvalue weighted by Crippen LogP contribution is 2.38. The van der Waals surface area contributed by atoms with Crippen molar-refractivity contribution in [1.82, 2.24) is 19.2 Å². The van der Waals surface area contributed by atoms with Crippen molar-refractivity contribution in [3.63, 3.8) is 0 Å². The Labute approximate surface area is 147 Å². The first-order valence-corrected chi connectivity index (χ1v) is 9.49. The van der Waals surface area contributed by atoms with E-state index in [0.717, 1.165) is 38.0 Å². The zero-order valence-corrected chi connectivity index (χ0v) is 15.5. The summed E-state index contributed by atoms with van der Waals surface area (Å²) in [5.74, 6) is 1.31. The van der Waals surface area contributed by atoms with Gasteiger partial charge in [-0.25, -0.2) is 4.40 Å². The van der Waals surface area contributed by atoms with Crippen LogP contribution in [0.5, 0.6) is 0 Å². The molecule has 0 spiro atoms. The molecule has 4 rings (SSSR count). The molecule has 24 heavy (non-hydrogen) atoms. The van der Waals surface area contributed by atoms with Gasteiger partial charge in [-0.15, -0.1) is 28.1 Å². The summed E-state index contributed by atoms with van der Waals surface area (Å²) < 4.78 is 9.50. The number of aryl methyl sites for hydroxylation is 1. The normalized spacial score (nSPS) is 16.6. The van der Waals surface area contributed by atoms with E-state index in [1.54, 1.807) is 34.7 Å². The SMILES string of the molecule is C=CCSc1nnc2n(C)c(=O)c3c4c(sc3n12)COC(C)(C)C4. The number of rotatable bonds is 3. The number of aromatic nitrogens is 4. The molecular weight excluding hydrogens is 344 g/mol. The van der Waals surface area contributed by atoms with E-state index < -0.39 is 0 Å². The molecule has 3 aromatic heterocycles. The summed E-state index contributed by atoms with van der Waals surface area (Å²) in [6.45, 7) is 8.43. The minimum Gasteiger partial charge on any atom is -0.370 e. The van der Waals surface area contributed by atoms with Crippen molar-refractivity contribution in [3.8, 4) is 0 Å². The summed E-state index contributed by atoms with van der Waals surface area (Å²) in [5.41, 5.74) is 0.844. The van der Waals surface area contributed by atoms with Crippen LogP contribution >= 0.6 is 23.1 Å². The Bertz CT molecular complexity index is 1030. The number of hydrogen-bond acceptors (Lipinski definition) is 6. The van der Waals surface area contributed by atoms with Crippen LogP contribution in [0.2, 0.25) is 0 Å². The summed E-state index contributed by atoms with van der Waals surface area (Å²) in [6.07, 6.45) is 2.57. The Morgan fingerprint density at radius 1 is 1.46 bits per heavy atom. The van der Waals surface area contributed by atoms with E-state index >= 15 is 0 Å². The Balaban J connectivity index is 2.08. The van der Waals surface area contributed by atoms with E-state index in [9.17, 15) is 4.79 Å². The van der Waals surface area contributed by atoms with Gasteiger partial charge in [-0.1, -0.05) is 17.8 Å². The lowest BCUT2D eigenvalue weighted by Gasteiger charge is -2.29. The molecule has 1 aliphatic rings. The van der Waals surface area contributed by atoms with Gasteiger partial charge in [0.15, 0.2) is 5.16 Å². The molecular formula is C16H18N4O2S2. The first kappa shape index (κ1) is 15.9. The molecule has 0 saturated heterocycles. The fourth-order valence-corrected chi connectivity index (χ4v) is 5.01. The highest BCUT2D eigenvalue weighted by Gasteiger charge is 2.31. The van der Waals surface area contributed by atoms with E-state index in [1.165, 1.54) is 0 Å². The molecule has 126 valence electrons. The number of hydrogen-bond donors (Lipinski definition) is 0. The van der Waals surface area contributed by atoms with Gasteiger partial charge in [0, 0.05) is 24.1 Å². The minimum absolute atomic E-state index is 0.0135. The van der Waals surface area contributed by atoms with E-state index in [-0.39, 0.29) is 11.2 Å². The summed E-state index contributed by atoms with van der Waals surface area (Å²) in [4.78, 5) is 15.0. The molecule has 0 amide bonds. The standard InChI is InChI=1S/C16H18N4O2S2/c1-5-6-23-15-18-17-14-19(4)12(21)11-9-7-16(2,3)22-8-10(9)24-13(11)20(14)15/h5H,1,6-8H2,2-4H3. The first-order chi connectivity index (χ1) is 11.4. The maximum absolute atomic E-state index is 12.9. The van der Waals surface area contributed by atoms with Crippen molar-refractivity contribution in [1.29, 1.82) is 0 Å². The molecule has 4 heterocycles. The largest absolute Gasteiger partial charge is 0.370 e. The third-order valence-corrected chi connectivity index (χ3v) is 6.35. The van der Waals surface area contributed by atoms with Gasteiger partial charge in [0.25, 0.3) is 5.56 Å². The van der Waals surface area contributed by atoms with Gasteiger partial charge in [0.05, 0.1) is 17.6 Å². The van der Waals surface area contributed by atoms with Gasteiger partial charge in [-0.05, 0) is 19.4 Å². The molecule has 0 bridgehead atoms. The molecule has 1 aliphatic heterocycles.